The summed E-state index contributed by atoms with van der Waals surface area (Å²) in [6, 6.07) is 22.7. The molecule has 0 fully saturated rings. The molecule has 0 saturated heterocycles. The van der Waals surface area contributed by atoms with Crippen molar-refractivity contribution in [2.24, 2.45) is 5.14 Å². The molecule has 0 bridgehead atoms. The molecule has 3 aromatic carbocycles. The lowest BCUT2D eigenvalue weighted by atomic mass is 10.0. The summed E-state index contributed by atoms with van der Waals surface area (Å²) in [7, 11) is -1.33. The van der Waals surface area contributed by atoms with Crippen LogP contribution in [0.15, 0.2) is 76.1 Å². The van der Waals surface area contributed by atoms with Crippen LogP contribution < -0.4 is 9.88 Å². The number of hydrogen-bond acceptors (Lipinski definition) is 6. The Balaban J connectivity index is 0.000000271. The number of aryl methyl sites for hydroxylation is 1. The normalized spacial score (nSPS) is 12.9. The van der Waals surface area contributed by atoms with E-state index in [1.807, 2.05) is 38.1 Å². The number of nitrogens with zero attached hydrogens (tertiary/aromatic N) is 3. The minimum absolute atomic E-state index is 0.00290. The van der Waals surface area contributed by atoms with Gasteiger partial charge in [-0.3, -0.25) is 0 Å². The van der Waals surface area contributed by atoms with E-state index in [4.69, 9.17) is 14.4 Å². The third-order valence-electron chi connectivity index (χ3n) is 5.50. The molecule has 0 saturated carbocycles. The van der Waals surface area contributed by atoms with Crippen molar-refractivity contribution in [3.05, 3.63) is 83.4 Å². The predicted octanol–water partition coefficient (Wildman–Crippen LogP) is 5.22. The van der Waals surface area contributed by atoms with Crippen LogP contribution in [0.1, 0.15) is 37.0 Å². The van der Waals surface area contributed by atoms with Crippen LogP contribution >= 0.6 is 0 Å². The summed E-state index contributed by atoms with van der Waals surface area (Å²) < 4.78 is 21.7. The highest BCUT2D eigenvalue weighted by Gasteiger charge is 2.20. The Hall–Kier alpha value is -3.80. The molecule has 0 radical (unpaired) electrons. The van der Waals surface area contributed by atoms with E-state index in [1.54, 1.807) is 36.4 Å². The molecule has 8 heteroatoms. The van der Waals surface area contributed by atoms with Gasteiger partial charge in [0.25, 0.3) is 5.89 Å². The van der Waals surface area contributed by atoms with Crippen LogP contribution in [0.3, 0.4) is 0 Å². The van der Waals surface area contributed by atoms with Gasteiger partial charge >= 0.3 is 0 Å². The summed E-state index contributed by atoms with van der Waals surface area (Å²) in [6.45, 7) is 3.86. The number of fused-ring (bicyclic) bond motifs is 1. The van der Waals surface area contributed by atoms with Crippen molar-refractivity contribution >= 4 is 11.0 Å². The minimum atomic E-state index is -1.33. The largest absolute Gasteiger partial charge is 0.490 e. The van der Waals surface area contributed by atoms with Crippen molar-refractivity contribution in [3.8, 4) is 34.7 Å². The number of nitrogens with two attached hydrogens (primary N) is 1. The van der Waals surface area contributed by atoms with Crippen LogP contribution in [0, 0.1) is 11.3 Å². The number of benzene rings is 3. The first kappa shape index (κ1) is 24.3. The Kier molecular flexibility index (Phi) is 7.70. The lowest BCUT2D eigenvalue weighted by molar-refractivity contribution is 0.241. The second kappa shape index (κ2) is 11.1. The molecule has 0 aliphatic heterocycles. The summed E-state index contributed by atoms with van der Waals surface area (Å²) in [5.74, 6) is 1.56. The Morgan fingerprint density at radius 1 is 1.09 bits per heavy atom. The third kappa shape index (κ3) is 5.83. The van der Waals surface area contributed by atoms with Gasteiger partial charge in [0.05, 0.1) is 16.6 Å². The molecule has 7 nitrogen and oxygen atoms in total. The van der Waals surface area contributed by atoms with Gasteiger partial charge in [-0.2, -0.15) is 10.2 Å². The van der Waals surface area contributed by atoms with Gasteiger partial charge in [-0.05, 0) is 74.6 Å². The van der Waals surface area contributed by atoms with E-state index in [2.05, 4.69) is 22.3 Å². The molecule has 1 aromatic heterocycles. The van der Waals surface area contributed by atoms with Crippen LogP contribution in [0.25, 0.3) is 22.8 Å². The van der Waals surface area contributed by atoms with Gasteiger partial charge in [-0.15, -0.1) is 0 Å². The molecule has 2 N–H and O–H groups in total. The fourth-order valence-corrected chi connectivity index (χ4v) is 4.37. The van der Waals surface area contributed by atoms with Gasteiger partial charge in [0.2, 0.25) is 5.82 Å². The molecular formula is C27H26N4O3S. The molecule has 5 rings (SSSR count). The minimum Gasteiger partial charge on any atom is -0.490 e. The van der Waals surface area contributed by atoms with Crippen LogP contribution in [0.5, 0.6) is 5.75 Å². The van der Waals surface area contributed by atoms with Gasteiger partial charge in [0.1, 0.15) is 22.8 Å². The van der Waals surface area contributed by atoms with Gasteiger partial charge in [-0.1, -0.05) is 41.6 Å². The summed E-state index contributed by atoms with van der Waals surface area (Å²) in [5.41, 5.74) is 4.89. The fraction of sp³-hybridized carbons (Fsp3) is 0.222. The Morgan fingerprint density at radius 2 is 1.89 bits per heavy atom. The van der Waals surface area contributed by atoms with E-state index in [9.17, 15) is 9.47 Å². The molecule has 4 aromatic rings. The Morgan fingerprint density at radius 3 is 2.57 bits per heavy atom. The summed E-state index contributed by atoms with van der Waals surface area (Å²) >= 11 is 0. The molecule has 178 valence electrons. The van der Waals surface area contributed by atoms with Crippen LogP contribution in [-0.2, 0) is 23.8 Å². The molecule has 1 aliphatic rings. The van der Waals surface area contributed by atoms with Crippen LogP contribution in [-0.4, -0.2) is 20.5 Å². The number of nitriles is 1. The first-order chi connectivity index (χ1) is 17.0. The van der Waals surface area contributed by atoms with Crippen LogP contribution in [0.4, 0.5) is 0 Å². The second-order valence-electron chi connectivity index (χ2n) is 8.32. The molecule has 35 heavy (non-hydrogen) atoms. The SMILES string of the molecule is CC(C)Oc1ccc(-c2nc(-c3cccc4c3CCC4)no2)cc1C#N.NS(=O)c1ccccc1. The van der Waals surface area contributed by atoms with Crippen molar-refractivity contribution in [1.29, 1.82) is 5.26 Å². The zero-order valence-electron chi connectivity index (χ0n) is 19.6. The molecule has 1 aliphatic carbocycles. The van der Waals surface area contributed by atoms with Gasteiger partial charge in [0, 0.05) is 11.1 Å². The van der Waals surface area contributed by atoms with Crippen molar-refractivity contribution in [1.82, 2.24) is 10.1 Å². The Labute approximate surface area is 207 Å². The maximum absolute atomic E-state index is 10.5. The van der Waals surface area contributed by atoms with Crippen molar-refractivity contribution in [2.45, 2.75) is 44.1 Å². The third-order valence-corrected chi connectivity index (χ3v) is 6.23. The molecule has 0 spiro atoms. The van der Waals surface area contributed by atoms with E-state index in [0.29, 0.717) is 33.5 Å². The van der Waals surface area contributed by atoms with Crippen LogP contribution in [0.2, 0.25) is 0 Å². The van der Waals surface area contributed by atoms with E-state index >= 15 is 0 Å². The smallest absolute Gasteiger partial charge is 0.258 e. The fourth-order valence-electron chi connectivity index (χ4n) is 3.94. The maximum atomic E-state index is 10.5. The molecule has 0 amide bonds. The average Bonchev–Trinajstić information content (AvgIpc) is 3.55. The molecular weight excluding hydrogens is 460 g/mol. The van der Waals surface area contributed by atoms with Gasteiger partial charge < -0.3 is 9.26 Å². The number of hydrogen-bond donors (Lipinski definition) is 1. The standard InChI is InChI=1S/C21H19N3O2.C6H7NOS/c1-13(2)25-19-10-9-15(11-16(19)12-22)21-23-20(24-26-21)18-8-4-6-14-5-3-7-17(14)18;7-9(8)6-4-2-1-3-5-6/h4,6,8-11,13H,3,5,7H2,1-2H3;1-5H,7H2. The van der Waals surface area contributed by atoms with Crippen molar-refractivity contribution in [3.63, 3.8) is 0 Å². The second-order valence-corrected chi connectivity index (χ2v) is 9.39. The highest BCUT2D eigenvalue weighted by molar-refractivity contribution is 7.82. The number of ether oxygens (including phenoxy) is 1. The van der Waals surface area contributed by atoms with Gasteiger partial charge in [0.15, 0.2) is 0 Å². The summed E-state index contributed by atoms with van der Waals surface area (Å²) in [6.07, 6.45) is 3.33. The average molecular weight is 487 g/mol. The quantitative estimate of drug-likeness (QED) is 0.414. The highest BCUT2D eigenvalue weighted by atomic mass is 32.2. The van der Waals surface area contributed by atoms with Gasteiger partial charge in [-0.25, -0.2) is 9.35 Å². The Bertz CT molecular complexity index is 1380. The van der Waals surface area contributed by atoms with E-state index in [1.165, 1.54) is 17.5 Å². The van der Waals surface area contributed by atoms with E-state index < -0.39 is 11.0 Å². The van der Waals surface area contributed by atoms with E-state index in [-0.39, 0.29) is 6.10 Å². The topological polar surface area (TPSA) is 115 Å². The van der Waals surface area contributed by atoms with E-state index in [0.717, 1.165) is 18.4 Å². The number of aromatic nitrogens is 2. The molecule has 1 atom stereocenters. The molecule has 1 unspecified atom stereocenters. The maximum Gasteiger partial charge on any atom is 0.258 e. The highest BCUT2D eigenvalue weighted by Crippen LogP contribution is 2.32. The zero-order valence-corrected chi connectivity index (χ0v) is 20.4. The predicted molar refractivity (Wildman–Crippen MR) is 135 cm³/mol. The lowest BCUT2D eigenvalue weighted by Crippen LogP contribution is -2.06. The first-order valence-electron chi connectivity index (χ1n) is 11.3. The number of rotatable bonds is 5. The monoisotopic (exact) mass is 486 g/mol. The first-order valence-corrected chi connectivity index (χ1v) is 12.5. The summed E-state index contributed by atoms with van der Waals surface area (Å²) in [4.78, 5) is 5.23. The summed E-state index contributed by atoms with van der Waals surface area (Å²) in [5, 5.41) is 18.6. The zero-order chi connectivity index (χ0) is 24.8. The van der Waals surface area contributed by atoms with Crippen molar-refractivity contribution in [2.75, 3.05) is 0 Å². The lowest BCUT2D eigenvalue weighted by Gasteiger charge is -2.11. The molecule has 1 heterocycles. The van der Waals surface area contributed by atoms with Crippen molar-refractivity contribution < 1.29 is 13.5 Å².